The standard InChI is InChI=1S/C53H52F8N8O7S2/c1-28-44(78-27-65-28)30-11-9-29(10-12-30)23-64-46(72)39-20-33(70)25-67(39)47(73)45(50(2,3)4)66-40(71)26-75-17-7-8-18-76-34-14-15-35(36(21-34)52(56,57)58)43-37(54)19-32(24-63-43)69-49(77)68(48(74)51(69,5)6)38-16-13-31(22-62)41(42(38)55)53(59,60)61/h9-16,19,21,24,27,33,39,45,70H,7-8,17-18,20,23,25-26H2,1-6H3,(H,64,72)(H,66,71)/t33-,39+,45-/m1/s1. The fourth-order valence-electron chi connectivity index (χ4n) is 9.00. The van der Waals surface area contributed by atoms with Crippen molar-refractivity contribution in [2.24, 2.45) is 5.41 Å². The number of rotatable bonds is 17. The summed E-state index contributed by atoms with van der Waals surface area (Å²) in [5, 5.41) is 24.7. The zero-order valence-electron chi connectivity index (χ0n) is 42.7. The molecular weight excluding hydrogens is 1080 g/mol. The van der Waals surface area contributed by atoms with Crippen LogP contribution in [0.15, 0.2) is 72.4 Å². The Balaban J connectivity index is 0.913. The summed E-state index contributed by atoms with van der Waals surface area (Å²) in [6.45, 7) is 9.13. The molecule has 2 aliphatic heterocycles. The van der Waals surface area contributed by atoms with Crippen LogP contribution in [0.4, 0.5) is 46.5 Å². The number of aliphatic hydroxyl groups is 1. The minimum Gasteiger partial charge on any atom is -0.494 e. The summed E-state index contributed by atoms with van der Waals surface area (Å²) in [7, 11) is 0. The molecule has 3 aromatic carbocycles. The van der Waals surface area contributed by atoms with Crippen LogP contribution >= 0.6 is 23.6 Å². The topological polar surface area (TPSA) is 190 Å². The van der Waals surface area contributed by atoms with E-state index in [2.05, 4.69) is 20.6 Å². The molecule has 0 saturated carbocycles. The number of aliphatic hydroxyl groups excluding tert-OH is 1. The van der Waals surface area contributed by atoms with E-state index in [9.17, 15) is 55.9 Å². The van der Waals surface area contributed by atoms with Crippen molar-refractivity contribution in [2.75, 3.05) is 36.2 Å². The van der Waals surface area contributed by atoms with Gasteiger partial charge in [-0.2, -0.15) is 31.6 Å². The molecule has 2 aromatic heterocycles. The zero-order chi connectivity index (χ0) is 57.2. The van der Waals surface area contributed by atoms with E-state index < -0.39 is 122 Å². The number of aryl methyl sites for hydroxylation is 1. The number of nitrogens with one attached hydrogen (secondary N) is 2. The molecule has 4 amide bonds. The van der Waals surface area contributed by atoms with Gasteiger partial charge in [-0.05, 0) is 92.7 Å². The van der Waals surface area contributed by atoms with E-state index in [-0.39, 0.29) is 57.0 Å². The lowest BCUT2D eigenvalue weighted by Gasteiger charge is -2.35. The number of β-amino-alcohol motifs (C(OH)–C–C–N with tert-alkyl or cyclic N) is 1. The number of anilines is 2. The van der Waals surface area contributed by atoms with Crippen molar-refractivity contribution in [2.45, 2.75) is 103 Å². The van der Waals surface area contributed by atoms with Crippen LogP contribution in [0, 0.1) is 35.3 Å². The molecular formula is C53H52F8N8O7S2. The molecule has 4 heterocycles. The lowest BCUT2D eigenvalue weighted by molar-refractivity contribution is -0.144. The van der Waals surface area contributed by atoms with E-state index in [0.717, 1.165) is 51.0 Å². The average molecular weight is 1130 g/mol. The molecule has 0 aliphatic carbocycles. The highest BCUT2D eigenvalue weighted by Crippen LogP contribution is 2.44. The van der Waals surface area contributed by atoms with E-state index in [0.29, 0.717) is 23.1 Å². The molecule has 414 valence electrons. The van der Waals surface area contributed by atoms with Gasteiger partial charge in [-0.1, -0.05) is 45.0 Å². The Bertz CT molecular complexity index is 3160. The SMILES string of the molecule is Cc1ncsc1-c1ccc(CNC(=O)[C@@H]2C[C@@H](O)CN2C(=O)[C@@H](NC(=O)COCCCCOc2ccc(-c3ncc(N4C(=S)N(c5ccc(C#N)c(C(F)(F)F)c5F)C(=O)C4(C)C)cc3F)c(C(F)(F)F)c2)C(C)(C)C)cc1. The highest BCUT2D eigenvalue weighted by molar-refractivity contribution is 7.81. The molecule has 78 heavy (non-hydrogen) atoms. The molecule has 0 radical (unpaired) electrons. The van der Waals surface area contributed by atoms with E-state index in [1.807, 2.05) is 31.2 Å². The molecule has 0 unspecified atom stereocenters. The number of alkyl halides is 6. The zero-order valence-corrected chi connectivity index (χ0v) is 44.4. The van der Waals surface area contributed by atoms with Crippen LogP contribution in [-0.2, 0) is 42.8 Å². The number of ether oxygens (including phenoxy) is 2. The normalized spacial score (nSPS) is 17.1. The van der Waals surface area contributed by atoms with Crippen LogP contribution in [0.25, 0.3) is 21.7 Å². The van der Waals surface area contributed by atoms with Crippen molar-refractivity contribution in [1.82, 2.24) is 25.5 Å². The molecule has 0 spiro atoms. The van der Waals surface area contributed by atoms with Gasteiger partial charge in [-0.15, -0.1) is 11.3 Å². The first kappa shape index (κ1) is 58.5. The smallest absolute Gasteiger partial charge is 0.420 e. The van der Waals surface area contributed by atoms with Crippen molar-refractivity contribution < 1.29 is 68.9 Å². The number of carbonyl (C=O) groups excluding carboxylic acids is 4. The number of nitrogens with zero attached hydrogens (tertiary/aromatic N) is 6. The largest absolute Gasteiger partial charge is 0.494 e. The molecule has 25 heteroatoms. The third-order valence-corrected chi connectivity index (χ3v) is 14.3. The van der Waals surface area contributed by atoms with Gasteiger partial charge in [0.25, 0.3) is 5.91 Å². The number of pyridine rings is 1. The Kier molecular flexibility index (Phi) is 17.3. The molecule has 2 saturated heterocycles. The minimum absolute atomic E-state index is 0.00227. The Morgan fingerprint density at radius 2 is 1.67 bits per heavy atom. The summed E-state index contributed by atoms with van der Waals surface area (Å²) < 4.78 is 128. The summed E-state index contributed by atoms with van der Waals surface area (Å²) in [5.41, 5.74) is -5.18. The summed E-state index contributed by atoms with van der Waals surface area (Å²) in [5.74, 6) is -6.21. The number of benzene rings is 3. The molecule has 3 N–H and O–H groups in total. The van der Waals surface area contributed by atoms with Crippen LogP contribution in [0.2, 0.25) is 0 Å². The third-order valence-electron chi connectivity index (χ3n) is 13.0. The first-order valence-electron chi connectivity index (χ1n) is 24.2. The number of amides is 4. The molecule has 0 bridgehead atoms. The van der Waals surface area contributed by atoms with Gasteiger partial charge in [0.2, 0.25) is 17.7 Å². The number of thiazole rings is 1. The number of aromatic nitrogens is 2. The highest BCUT2D eigenvalue weighted by atomic mass is 32.1. The van der Waals surface area contributed by atoms with Gasteiger partial charge in [-0.3, -0.25) is 29.1 Å². The Morgan fingerprint density at radius 3 is 2.28 bits per heavy atom. The van der Waals surface area contributed by atoms with E-state index in [1.54, 1.807) is 26.3 Å². The lowest BCUT2D eigenvalue weighted by Crippen LogP contribution is -2.58. The Labute approximate surface area is 452 Å². The van der Waals surface area contributed by atoms with Crippen LogP contribution < -0.4 is 25.2 Å². The van der Waals surface area contributed by atoms with Gasteiger partial charge in [0.05, 0.1) is 63.6 Å². The molecule has 15 nitrogen and oxygen atoms in total. The Morgan fingerprint density at radius 1 is 0.974 bits per heavy atom. The second kappa shape index (κ2) is 23.1. The number of thiocarbonyl (C=S) groups is 1. The van der Waals surface area contributed by atoms with Crippen molar-refractivity contribution in [3.8, 4) is 33.5 Å². The van der Waals surface area contributed by atoms with Crippen molar-refractivity contribution >= 4 is 63.7 Å². The van der Waals surface area contributed by atoms with E-state index >= 15 is 8.78 Å². The van der Waals surface area contributed by atoms with Gasteiger partial charge in [0.15, 0.2) is 16.7 Å². The quantitative estimate of drug-likeness (QED) is 0.0455. The first-order chi connectivity index (χ1) is 36.5. The number of hydrogen-bond acceptors (Lipinski definition) is 12. The number of unbranched alkanes of at least 4 members (excludes halogenated alkanes) is 1. The van der Waals surface area contributed by atoms with Crippen LogP contribution in [-0.4, -0.2) is 98.8 Å². The van der Waals surface area contributed by atoms with Crippen molar-refractivity contribution in [1.29, 1.82) is 5.26 Å². The number of nitriles is 1. The van der Waals surface area contributed by atoms with Crippen LogP contribution in [0.1, 0.15) is 81.8 Å². The maximum atomic E-state index is 15.9. The molecule has 2 fully saturated rings. The Hall–Kier alpha value is -7.14. The second-order valence-electron chi connectivity index (χ2n) is 20.0. The van der Waals surface area contributed by atoms with E-state index in [1.165, 1.54) is 36.2 Å². The second-order valence-corrected chi connectivity index (χ2v) is 21.2. The summed E-state index contributed by atoms with van der Waals surface area (Å²) in [4.78, 5) is 66.1. The fourth-order valence-corrected chi connectivity index (χ4v) is 10.3. The van der Waals surface area contributed by atoms with Crippen molar-refractivity contribution in [3.63, 3.8) is 0 Å². The third kappa shape index (κ3) is 12.6. The molecule has 3 atom stereocenters. The fraction of sp³-hybridized carbons (Fsp3) is 0.396. The van der Waals surface area contributed by atoms with Gasteiger partial charge in [-0.25, -0.2) is 13.8 Å². The predicted molar refractivity (Wildman–Crippen MR) is 275 cm³/mol. The highest BCUT2D eigenvalue weighted by Gasteiger charge is 2.52. The number of halogens is 8. The molecule has 7 rings (SSSR count). The number of carbonyl (C=O) groups is 4. The predicted octanol–water partition coefficient (Wildman–Crippen LogP) is 9.27. The maximum Gasteiger partial charge on any atom is 0.420 e. The van der Waals surface area contributed by atoms with Crippen LogP contribution in [0.5, 0.6) is 5.75 Å². The molecule has 5 aromatic rings. The number of hydrogen-bond donors (Lipinski definition) is 3. The average Bonchev–Trinajstić information content (AvgIpc) is 4.08. The van der Waals surface area contributed by atoms with Crippen molar-refractivity contribution in [3.05, 3.63) is 112 Å². The van der Waals surface area contributed by atoms with Crippen LogP contribution in [0.3, 0.4) is 0 Å². The van der Waals surface area contributed by atoms with E-state index in [4.69, 9.17) is 21.7 Å². The lowest BCUT2D eigenvalue weighted by atomic mass is 9.85. The summed E-state index contributed by atoms with van der Waals surface area (Å²) in [6.07, 6.45) is -9.93. The maximum absolute atomic E-state index is 15.9. The minimum atomic E-state index is -5.34. The van der Waals surface area contributed by atoms with Gasteiger partial charge < -0.3 is 35.0 Å². The summed E-state index contributed by atoms with van der Waals surface area (Å²) >= 11 is 6.90. The van der Waals surface area contributed by atoms with Gasteiger partial charge in [0.1, 0.15) is 41.2 Å². The number of likely N-dealkylation sites (tertiary alicyclic amines) is 1. The van der Waals surface area contributed by atoms with Gasteiger partial charge in [0, 0.05) is 37.7 Å². The summed E-state index contributed by atoms with van der Waals surface area (Å²) in [6, 6.07) is 11.7. The molecule has 2 aliphatic rings. The van der Waals surface area contributed by atoms with Gasteiger partial charge >= 0.3 is 12.4 Å². The first-order valence-corrected chi connectivity index (χ1v) is 25.4. The monoisotopic (exact) mass is 1130 g/mol.